The number of nitrogens with zero attached hydrogens (tertiary/aromatic N) is 2. The summed E-state index contributed by atoms with van der Waals surface area (Å²) < 4.78 is 46.1. The van der Waals surface area contributed by atoms with Gasteiger partial charge in [-0.2, -0.15) is 0 Å². The second-order valence-corrected chi connectivity index (χ2v) is 8.71. The number of anilines is 1. The molecule has 1 aromatic carbocycles. The zero-order valence-electron chi connectivity index (χ0n) is 19.8. The highest BCUT2D eigenvalue weighted by molar-refractivity contribution is 7.17. The van der Waals surface area contributed by atoms with Crippen LogP contribution in [0.1, 0.15) is 22.3 Å². The van der Waals surface area contributed by atoms with Crippen molar-refractivity contribution in [2.45, 2.75) is 20.4 Å². The van der Waals surface area contributed by atoms with Crippen LogP contribution in [0.3, 0.4) is 0 Å². The van der Waals surface area contributed by atoms with Crippen LogP contribution in [0.25, 0.3) is 21.3 Å². The molecule has 0 atom stereocenters. The Morgan fingerprint density at radius 3 is 2.69 bits per heavy atom. The first kappa shape index (κ1) is 24.5. The number of pyridine rings is 1. The highest BCUT2D eigenvalue weighted by Gasteiger charge is 2.20. The van der Waals surface area contributed by atoms with Gasteiger partial charge in [0.05, 0.1) is 26.3 Å². The molecule has 0 spiro atoms. The minimum atomic E-state index is -0.954. The Morgan fingerprint density at radius 2 is 1.97 bits per heavy atom. The molecule has 35 heavy (non-hydrogen) atoms. The first-order valence-corrected chi connectivity index (χ1v) is 11.8. The fraction of sp³-hybridized carbons (Fsp3) is 0.280. The normalized spacial score (nSPS) is 11.0. The van der Waals surface area contributed by atoms with Crippen molar-refractivity contribution < 1.29 is 27.8 Å². The topological polar surface area (TPSA) is 74.6 Å². The van der Waals surface area contributed by atoms with Gasteiger partial charge in [0.2, 0.25) is 0 Å². The third kappa shape index (κ3) is 4.79. The van der Waals surface area contributed by atoms with Gasteiger partial charge in [0.25, 0.3) is 0 Å². The van der Waals surface area contributed by atoms with Gasteiger partial charge in [-0.1, -0.05) is 0 Å². The molecule has 0 aliphatic rings. The number of fused-ring (bicyclic) bond motifs is 1. The van der Waals surface area contributed by atoms with Crippen LogP contribution in [-0.2, 0) is 11.3 Å². The van der Waals surface area contributed by atoms with Crippen molar-refractivity contribution >= 4 is 34.0 Å². The van der Waals surface area contributed by atoms with E-state index < -0.39 is 17.6 Å². The molecule has 0 fully saturated rings. The van der Waals surface area contributed by atoms with E-state index in [1.165, 1.54) is 25.6 Å². The lowest BCUT2D eigenvalue weighted by atomic mass is 10.2. The van der Waals surface area contributed by atoms with Crippen LogP contribution in [-0.4, -0.2) is 42.9 Å². The number of halogens is 2. The molecule has 0 saturated carbocycles. The van der Waals surface area contributed by atoms with Gasteiger partial charge >= 0.3 is 5.97 Å². The van der Waals surface area contributed by atoms with Crippen molar-refractivity contribution in [1.29, 1.82) is 0 Å². The molecule has 0 amide bonds. The number of benzene rings is 1. The number of esters is 1. The van der Waals surface area contributed by atoms with Crippen LogP contribution in [0.15, 0.2) is 36.5 Å². The second-order valence-electron chi connectivity index (χ2n) is 7.66. The maximum Gasteiger partial charge on any atom is 0.351 e. The molecule has 4 aromatic rings. The van der Waals surface area contributed by atoms with E-state index in [0.29, 0.717) is 41.5 Å². The third-order valence-corrected chi connectivity index (χ3v) is 6.66. The standard InChI is InChI=1S/C25H25F2N3O4S/c1-5-34-19-13-20(35-24(19)25(31)33-4)15-6-7-28-21(11-15)29-8-9-30-14(2)10-16-18(32-3)12-17(26)22(27)23(16)30/h6-7,10-13H,5,8-9H2,1-4H3,(H,28,29). The van der Waals surface area contributed by atoms with E-state index in [9.17, 15) is 13.6 Å². The Hall–Kier alpha value is -3.66. The largest absolute Gasteiger partial charge is 0.496 e. The summed E-state index contributed by atoms with van der Waals surface area (Å²) in [6.45, 7) is 4.90. The molecule has 0 aliphatic carbocycles. The van der Waals surface area contributed by atoms with Gasteiger partial charge < -0.3 is 24.1 Å². The first-order chi connectivity index (χ1) is 16.9. The second kappa shape index (κ2) is 10.3. The van der Waals surface area contributed by atoms with Gasteiger partial charge in [-0.25, -0.2) is 18.6 Å². The molecule has 0 bridgehead atoms. The van der Waals surface area contributed by atoms with Crippen LogP contribution >= 0.6 is 11.3 Å². The number of aromatic nitrogens is 2. The number of carbonyl (C=O) groups excluding carboxylic acids is 1. The van der Waals surface area contributed by atoms with Gasteiger partial charge in [-0.05, 0) is 43.7 Å². The molecular formula is C25H25F2N3O4S. The molecule has 0 aliphatic heterocycles. The lowest BCUT2D eigenvalue weighted by Crippen LogP contribution is -2.13. The number of nitrogens with one attached hydrogen (secondary N) is 1. The lowest BCUT2D eigenvalue weighted by molar-refractivity contribution is 0.0602. The molecule has 0 saturated heterocycles. The van der Waals surface area contributed by atoms with Gasteiger partial charge in [-0.3, -0.25) is 0 Å². The van der Waals surface area contributed by atoms with E-state index in [0.717, 1.165) is 22.2 Å². The van der Waals surface area contributed by atoms with E-state index in [-0.39, 0.29) is 11.3 Å². The number of methoxy groups -OCH3 is 2. The summed E-state index contributed by atoms with van der Waals surface area (Å²) in [6.07, 6.45) is 1.66. The first-order valence-electron chi connectivity index (χ1n) is 10.9. The maximum atomic E-state index is 14.6. The van der Waals surface area contributed by atoms with Crippen LogP contribution < -0.4 is 14.8 Å². The van der Waals surface area contributed by atoms with E-state index in [4.69, 9.17) is 14.2 Å². The zero-order chi connectivity index (χ0) is 25.1. The smallest absolute Gasteiger partial charge is 0.351 e. The van der Waals surface area contributed by atoms with E-state index in [1.807, 2.05) is 26.0 Å². The van der Waals surface area contributed by atoms with Crippen molar-refractivity contribution in [2.24, 2.45) is 0 Å². The Morgan fingerprint density at radius 1 is 1.17 bits per heavy atom. The molecule has 1 N–H and O–H groups in total. The molecule has 0 unspecified atom stereocenters. The maximum absolute atomic E-state index is 14.6. The molecule has 10 heteroatoms. The predicted molar refractivity (Wildman–Crippen MR) is 132 cm³/mol. The summed E-state index contributed by atoms with van der Waals surface area (Å²) in [6, 6.07) is 8.33. The summed E-state index contributed by atoms with van der Waals surface area (Å²) in [5.74, 6) is -0.941. The molecule has 0 radical (unpaired) electrons. The van der Waals surface area contributed by atoms with Crippen molar-refractivity contribution in [2.75, 3.05) is 32.7 Å². The third-order valence-electron chi connectivity index (χ3n) is 5.52. The molecule has 3 aromatic heterocycles. The zero-order valence-corrected chi connectivity index (χ0v) is 20.6. The van der Waals surface area contributed by atoms with Crippen molar-refractivity contribution in [3.8, 4) is 21.9 Å². The average Bonchev–Trinajstić information content (AvgIpc) is 3.43. The Bertz CT molecular complexity index is 1380. The molecule has 7 nitrogen and oxygen atoms in total. The minimum absolute atomic E-state index is 0.167. The number of aryl methyl sites for hydroxylation is 1. The number of hydrogen-bond acceptors (Lipinski definition) is 7. The quantitative estimate of drug-likeness (QED) is 0.299. The fourth-order valence-electron chi connectivity index (χ4n) is 3.92. The van der Waals surface area contributed by atoms with Gasteiger partial charge in [0.15, 0.2) is 16.5 Å². The van der Waals surface area contributed by atoms with Gasteiger partial charge in [0.1, 0.15) is 17.3 Å². The van der Waals surface area contributed by atoms with Crippen LogP contribution in [0.2, 0.25) is 0 Å². The summed E-state index contributed by atoms with van der Waals surface area (Å²) in [5, 5.41) is 3.75. The Balaban J connectivity index is 1.54. The number of ether oxygens (including phenoxy) is 3. The Kier molecular flexibility index (Phi) is 7.20. The van der Waals surface area contributed by atoms with E-state index >= 15 is 0 Å². The minimum Gasteiger partial charge on any atom is -0.496 e. The van der Waals surface area contributed by atoms with Crippen LogP contribution in [0.4, 0.5) is 14.6 Å². The van der Waals surface area contributed by atoms with E-state index in [1.54, 1.807) is 22.9 Å². The predicted octanol–water partition coefficient (Wildman–Crippen LogP) is 5.66. The van der Waals surface area contributed by atoms with Crippen LogP contribution in [0, 0.1) is 18.6 Å². The molecule has 3 heterocycles. The van der Waals surface area contributed by atoms with E-state index in [2.05, 4.69) is 10.3 Å². The molecular weight excluding hydrogens is 476 g/mol. The fourth-order valence-corrected chi connectivity index (χ4v) is 4.93. The lowest BCUT2D eigenvalue weighted by Gasteiger charge is -2.12. The SMILES string of the molecule is CCOc1cc(-c2ccnc(NCCn3c(C)cc4c(OC)cc(F)c(F)c43)c2)sc1C(=O)OC. The van der Waals surface area contributed by atoms with Crippen LogP contribution in [0.5, 0.6) is 11.5 Å². The van der Waals surface area contributed by atoms with Gasteiger partial charge in [-0.15, -0.1) is 11.3 Å². The number of rotatable bonds is 9. The number of hydrogen-bond donors (Lipinski definition) is 1. The summed E-state index contributed by atoms with van der Waals surface area (Å²) in [7, 11) is 2.76. The Labute approximate surface area is 205 Å². The summed E-state index contributed by atoms with van der Waals surface area (Å²) in [4.78, 5) is 17.7. The van der Waals surface area contributed by atoms with Crippen molar-refractivity contribution in [3.63, 3.8) is 0 Å². The van der Waals surface area contributed by atoms with Crippen molar-refractivity contribution in [1.82, 2.24) is 9.55 Å². The molecule has 4 rings (SSSR count). The number of carbonyl (C=O) groups is 1. The highest BCUT2D eigenvalue weighted by atomic mass is 32.1. The molecule has 184 valence electrons. The monoisotopic (exact) mass is 501 g/mol. The summed E-state index contributed by atoms with van der Waals surface area (Å²) in [5.41, 5.74) is 1.80. The average molecular weight is 502 g/mol. The van der Waals surface area contributed by atoms with Gasteiger partial charge in [0, 0.05) is 41.3 Å². The van der Waals surface area contributed by atoms with Crippen molar-refractivity contribution in [3.05, 3.63) is 58.7 Å². The number of thiophene rings is 1. The summed E-state index contributed by atoms with van der Waals surface area (Å²) >= 11 is 1.28. The highest BCUT2D eigenvalue weighted by Crippen LogP contribution is 2.37.